The van der Waals surface area contributed by atoms with Crippen molar-refractivity contribution in [1.82, 2.24) is 19.5 Å². The van der Waals surface area contributed by atoms with Crippen LogP contribution in [0, 0.1) is 0 Å². The average molecular weight is 431 g/mol. The molecule has 32 heavy (non-hydrogen) atoms. The van der Waals surface area contributed by atoms with E-state index in [1.807, 2.05) is 65.2 Å². The lowest BCUT2D eigenvalue weighted by Crippen LogP contribution is -2.34. The highest BCUT2D eigenvalue weighted by molar-refractivity contribution is 5.81. The Morgan fingerprint density at radius 1 is 0.938 bits per heavy atom. The Hall–Kier alpha value is -3.33. The van der Waals surface area contributed by atoms with Gasteiger partial charge in [-0.25, -0.2) is 15.0 Å². The number of hydrogen-bond acceptors (Lipinski definition) is 7. The molecule has 0 spiro atoms. The van der Waals surface area contributed by atoms with Crippen LogP contribution >= 0.6 is 0 Å². The van der Waals surface area contributed by atoms with Crippen molar-refractivity contribution in [1.29, 1.82) is 0 Å². The highest BCUT2D eigenvalue weighted by Gasteiger charge is 2.40. The van der Waals surface area contributed by atoms with Crippen LogP contribution in [0.1, 0.15) is 17.2 Å². The average Bonchev–Trinajstić information content (AvgIpc) is 3.44. The number of nitrogens with two attached hydrogens (primary N) is 1. The first-order valence-corrected chi connectivity index (χ1v) is 10.6. The Morgan fingerprint density at radius 2 is 1.66 bits per heavy atom. The van der Waals surface area contributed by atoms with Gasteiger partial charge in [0, 0.05) is 0 Å². The quantitative estimate of drug-likeness (QED) is 0.458. The second-order valence-electron chi connectivity index (χ2n) is 7.78. The van der Waals surface area contributed by atoms with E-state index in [0.717, 1.165) is 11.1 Å². The molecule has 0 bridgehead atoms. The van der Waals surface area contributed by atoms with Gasteiger partial charge >= 0.3 is 0 Å². The van der Waals surface area contributed by atoms with Crippen LogP contribution in [0.2, 0.25) is 0 Å². The molecule has 0 amide bonds. The summed E-state index contributed by atoms with van der Waals surface area (Å²) < 4.78 is 20.5. The monoisotopic (exact) mass is 431 g/mol. The zero-order valence-electron chi connectivity index (χ0n) is 17.6. The van der Waals surface area contributed by atoms with E-state index in [1.54, 1.807) is 6.33 Å². The molecule has 0 unspecified atom stereocenters. The van der Waals surface area contributed by atoms with Crippen molar-refractivity contribution in [2.24, 2.45) is 0 Å². The first kappa shape index (κ1) is 20.6. The number of aromatic nitrogens is 4. The molecule has 1 aliphatic heterocycles. The van der Waals surface area contributed by atoms with Gasteiger partial charge in [0.2, 0.25) is 0 Å². The van der Waals surface area contributed by atoms with Gasteiger partial charge in [0.15, 0.2) is 11.5 Å². The molecule has 0 radical (unpaired) electrons. The Bertz CT molecular complexity index is 1150. The van der Waals surface area contributed by atoms with Crippen LogP contribution in [-0.2, 0) is 27.4 Å². The predicted octanol–water partition coefficient (Wildman–Crippen LogP) is 3.15. The third-order valence-electron chi connectivity index (χ3n) is 5.65. The van der Waals surface area contributed by atoms with Gasteiger partial charge < -0.3 is 24.5 Å². The van der Waals surface area contributed by atoms with E-state index in [9.17, 15) is 0 Å². The molecule has 1 fully saturated rings. The summed E-state index contributed by atoms with van der Waals surface area (Å²) in [5.41, 5.74) is 9.45. The maximum absolute atomic E-state index is 6.39. The number of rotatable bonds is 8. The number of fused-ring (bicyclic) bond motifs is 1. The van der Waals surface area contributed by atoms with Crippen LogP contribution in [0.15, 0.2) is 73.3 Å². The van der Waals surface area contributed by atoms with Crippen molar-refractivity contribution in [2.75, 3.05) is 18.9 Å². The largest absolute Gasteiger partial charge is 0.382 e. The number of benzene rings is 2. The van der Waals surface area contributed by atoms with E-state index in [2.05, 4.69) is 15.0 Å². The lowest BCUT2D eigenvalue weighted by Gasteiger charge is -2.24. The van der Waals surface area contributed by atoms with Crippen LogP contribution in [0.4, 0.5) is 5.82 Å². The lowest BCUT2D eigenvalue weighted by atomic mass is 10.1. The van der Waals surface area contributed by atoms with Crippen LogP contribution in [0.25, 0.3) is 11.2 Å². The highest BCUT2D eigenvalue weighted by atomic mass is 16.6. The zero-order valence-corrected chi connectivity index (χ0v) is 17.6. The number of anilines is 1. The fraction of sp³-hybridized carbons (Fsp3) is 0.292. The van der Waals surface area contributed by atoms with Gasteiger partial charge in [-0.15, -0.1) is 0 Å². The molecule has 0 aliphatic carbocycles. The topological polar surface area (TPSA) is 97.3 Å². The molecular weight excluding hydrogens is 406 g/mol. The molecule has 0 saturated carbocycles. The molecular formula is C24H25N5O3. The van der Waals surface area contributed by atoms with E-state index in [4.69, 9.17) is 19.9 Å². The van der Waals surface area contributed by atoms with Crippen molar-refractivity contribution in [3.05, 3.63) is 84.4 Å². The third-order valence-corrected chi connectivity index (χ3v) is 5.65. The van der Waals surface area contributed by atoms with E-state index in [-0.39, 0.29) is 18.2 Å². The summed E-state index contributed by atoms with van der Waals surface area (Å²) >= 11 is 0. The maximum atomic E-state index is 6.39. The van der Waals surface area contributed by atoms with Crippen molar-refractivity contribution in [2.45, 2.75) is 31.5 Å². The summed E-state index contributed by atoms with van der Waals surface area (Å²) in [6, 6.07) is 20.1. The van der Waals surface area contributed by atoms with Crippen LogP contribution in [-0.4, -0.2) is 44.9 Å². The van der Waals surface area contributed by atoms with Crippen molar-refractivity contribution in [3.8, 4) is 0 Å². The molecule has 2 N–H and O–H groups in total. The number of imidazole rings is 1. The summed E-state index contributed by atoms with van der Waals surface area (Å²) in [4.78, 5) is 12.8. The molecule has 1 saturated heterocycles. The summed E-state index contributed by atoms with van der Waals surface area (Å²) in [5, 5.41) is 0. The Balaban J connectivity index is 1.34. The lowest BCUT2D eigenvalue weighted by molar-refractivity contribution is -0.0638. The Kier molecular flexibility index (Phi) is 6.06. The molecule has 4 aromatic rings. The SMILES string of the molecule is Nc1ncnc2c1ncn2[C@@H]1CO[C@H](COCc2ccccc2)[C@@H]1OCc1ccccc1. The number of nitrogen functional groups attached to an aromatic ring is 1. The Morgan fingerprint density at radius 3 is 2.41 bits per heavy atom. The van der Waals surface area contributed by atoms with Crippen LogP contribution in [0.3, 0.4) is 0 Å². The molecule has 8 heteroatoms. The molecule has 3 heterocycles. The van der Waals surface area contributed by atoms with Gasteiger partial charge in [0.05, 0.1) is 38.8 Å². The second-order valence-corrected chi connectivity index (χ2v) is 7.78. The minimum atomic E-state index is -0.237. The van der Waals surface area contributed by atoms with E-state index >= 15 is 0 Å². The van der Waals surface area contributed by atoms with Crippen LogP contribution < -0.4 is 5.73 Å². The molecule has 2 aromatic heterocycles. The first-order chi connectivity index (χ1) is 15.8. The zero-order chi connectivity index (χ0) is 21.8. The molecule has 1 aliphatic rings. The molecule has 8 nitrogen and oxygen atoms in total. The van der Waals surface area contributed by atoms with Gasteiger partial charge in [0.1, 0.15) is 24.1 Å². The minimum absolute atomic E-state index is 0.108. The predicted molar refractivity (Wildman–Crippen MR) is 120 cm³/mol. The summed E-state index contributed by atoms with van der Waals surface area (Å²) in [6.45, 7) is 1.89. The van der Waals surface area contributed by atoms with Gasteiger partial charge in [-0.05, 0) is 11.1 Å². The molecule has 164 valence electrons. The maximum Gasteiger partial charge on any atom is 0.165 e. The fourth-order valence-electron chi connectivity index (χ4n) is 4.01. The van der Waals surface area contributed by atoms with Crippen molar-refractivity contribution >= 4 is 17.0 Å². The molecule has 3 atom stereocenters. The normalized spacial score (nSPS) is 20.7. The highest BCUT2D eigenvalue weighted by Crippen LogP contribution is 2.32. The van der Waals surface area contributed by atoms with Gasteiger partial charge in [-0.1, -0.05) is 60.7 Å². The third kappa shape index (κ3) is 4.34. The standard InChI is InChI=1S/C24H25N5O3/c25-23-21-24(27-15-26-23)29(16-28-21)19-13-31-20(14-30-11-17-7-3-1-4-8-17)22(19)32-12-18-9-5-2-6-10-18/h1-10,15-16,19-20,22H,11-14H2,(H2,25,26,27)/t19-,20-,22-/m1/s1. The summed E-state index contributed by atoms with van der Waals surface area (Å²) in [6.07, 6.45) is 2.73. The second kappa shape index (κ2) is 9.44. The molecule has 5 rings (SSSR count). The number of nitrogens with zero attached hydrogens (tertiary/aromatic N) is 4. The first-order valence-electron chi connectivity index (χ1n) is 10.6. The summed E-state index contributed by atoms with van der Waals surface area (Å²) in [7, 11) is 0. The smallest absolute Gasteiger partial charge is 0.165 e. The van der Waals surface area contributed by atoms with Crippen molar-refractivity contribution in [3.63, 3.8) is 0 Å². The van der Waals surface area contributed by atoms with E-state index < -0.39 is 0 Å². The summed E-state index contributed by atoms with van der Waals surface area (Å²) in [5.74, 6) is 0.358. The van der Waals surface area contributed by atoms with Crippen molar-refractivity contribution < 1.29 is 14.2 Å². The number of ether oxygens (including phenoxy) is 3. The number of hydrogen-bond donors (Lipinski definition) is 1. The van der Waals surface area contributed by atoms with Gasteiger partial charge in [-0.2, -0.15) is 0 Å². The van der Waals surface area contributed by atoms with E-state index in [1.165, 1.54) is 6.33 Å². The Labute approximate surface area is 186 Å². The fourth-order valence-corrected chi connectivity index (χ4v) is 4.01. The van der Waals surface area contributed by atoms with E-state index in [0.29, 0.717) is 43.4 Å². The van der Waals surface area contributed by atoms with Gasteiger partial charge in [-0.3, -0.25) is 0 Å². The molecule has 2 aromatic carbocycles. The van der Waals surface area contributed by atoms with Crippen LogP contribution in [0.5, 0.6) is 0 Å². The van der Waals surface area contributed by atoms with Gasteiger partial charge in [0.25, 0.3) is 0 Å². The minimum Gasteiger partial charge on any atom is -0.382 e.